The van der Waals surface area contributed by atoms with Crippen molar-refractivity contribution in [2.24, 2.45) is 0 Å². The third-order valence-electron chi connectivity index (χ3n) is 13.0. The average molecular weight is 807 g/mol. The summed E-state index contributed by atoms with van der Waals surface area (Å²) in [4.78, 5) is 0. The Morgan fingerprint density at radius 3 is 0.804 bits per heavy atom. The fraction of sp³-hybridized carbons (Fsp3) is 0.975. The second-order valence-corrected chi connectivity index (χ2v) is 29.1. The Morgan fingerprint density at radius 1 is 0.413 bits per heavy atom. The molecule has 0 heterocycles. The SMILES string of the molecule is C1CCC([PH+](C2CCCCC2)C2CCCCC2)CC1.C1CCC([PH+](C2CCCCC2)C2CCCCC2)CC1.OCCC[CH]=[Ru]([Cl])[Cl]. The summed E-state index contributed by atoms with van der Waals surface area (Å²) in [6.45, 7) is 0.228. The molecule has 0 aliphatic heterocycles. The molecule has 6 fully saturated rings. The quantitative estimate of drug-likeness (QED) is 0.140. The van der Waals surface area contributed by atoms with Crippen LogP contribution in [0.25, 0.3) is 0 Å². The first-order valence-electron chi connectivity index (χ1n) is 20.8. The predicted octanol–water partition coefficient (Wildman–Crippen LogP) is 13.9. The molecule has 0 bridgehead atoms. The molecule has 0 radical (unpaired) electrons. The monoisotopic (exact) mass is 806 g/mol. The van der Waals surface area contributed by atoms with Gasteiger partial charge >= 0.3 is 62.1 Å². The summed E-state index contributed by atoms with van der Waals surface area (Å²) in [5.74, 6) is 0. The normalized spacial score (nSPS) is 25.8. The number of halogens is 2. The Bertz CT molecular complexity index is 635. The second kappa shape index (κ2) is 25.0. The van der Waals surface area contributed by atoms with E-state index in [0.717, 1.165) is 12.8 Å². The van der Waals surface area contributed by atoms with Gasteiger partial charge in [0.25, 0.3) is 0 Å². The van der Waals surface area contributed by atoms with Gasteiger partial charge in [-0.2, -0.15) is 0 Å². The molecule has 0 spiro atoms. The van der Waals surface area contributed by atoms with Crippen LogP contribution in [0.3, 0.4) is 0 Å². The molecule has 6 aliphatic carbocycles. The van der Waals surface area contributed by atoms with Crippen LogP contribution in [0, 0.1) is 0 Å². The van der Waals surface area contributed by atoms with Crippen LogP contribution in [-0.2, 0) is 13.5 Å². The van der Waals surface area contributed by atoms with Gasteiger partial charge in [-0.1, -0.05) is 38.5 Å². The summed E-state index contributed by atoms with van der Waals surface area (Å²) in [6.07, 6.45) is 49.2. The summed E-state index contributed by atoms with van der Waals surface area (Å²) in [5, 5.41) is 8.29. The van der Waals surface area contributed by atoms with Gasteiger partial charge in [-0.3, -0.25) is 0 Å². The van der Waals surface area contributed by atoms with Crippen LogP contribution in [0.5, 0.6) is 0 Å². The van der Waals surface area contributed by atoms with Crippen molar-refractivity contribution in [2.45, 2.75) is 239 Å². The number of aliphatic hydroxyl groups excluding tert-OH is 1. The zero-order valence-electron chi connectivity index (χ0n) is 29.9. The predicted molar refractivity (Wildman–Crippen MR) is 212 cm³/mol. The molecule has 6 aliphatic rings. The van der Waals surface area contributed by atoms with Gasteiger partial charge < -0.3 is 0 Å². The summed E-state index contributed by atoms with van der Waals surface area (Å²) >= 11 is -1.53. The fourth-order valence-corrected chi connectivity index (χ4v) is 23.0. The van der Waals surface area contributed by atoms with E-state index >= 15 is 0 Å². The van der Waals surface area contributed by atoms with Crippen LogP contribution in [0.4, 0.5) is 0 Å². The fourth-order valence-electron chi connectivity index (χ4n) is 10.9. The molecule has 272 valence electrons. The van der Waals surface area contributed by atoms with E-state index in [-0.39, 0.29) is 22.5 Å². The Labute approximate surface area is 302 Å². The molecule has 0 unspecified atom stereocenters. The first-order valence-corrected chi connectivity index (χ1v) is 29.8. The summed E-state index contributed by atoms with van der Waals surface area (Å²) < 4.78 is 1.89. The van der Waals surface area contributed by atoms with E-state index in [1.165, 1.54) is 34.0 Å². The van der Waals surface area contributed by atoms with E-state index in [1.54, 1.807) is 193 Å². The zero-order chi connectivity index (χ0) is 32.2. The number of aliphatic hydroxyl groups is 1. The van der Waals surface area contributed by atoms with E-state index in [1.807, 2.05) is 4.61 Å². The standard InChI is InChI=1S/2C18H33P.C4H8O.2ClH.Ru/c2*1-4-10-16(11-5-1)19(17-12-6-2-7-13-17)18-14-8-3-9-15-18;1-2-3-4-5;;;/h2*16-18H,1-15H2;1,5H,2-4H2;2*1H;/q;;;;;+2. The molecule has 0 aromatic rings. The van der Waals surface area contributed by atoms with Crippen molar-refractivity contribution in [1.82, 2.24) is 0 Å². The molecule has 46 heavy (non-hydrogen) atoms. The Kier molecular flexibility index (Phi) is 22.1. The molecule has 6 rings (SSSR count). The van der Waals surface area contributed by atoms with Gasteiger partial charge in [0.05, 0.1) is 34.0 Å². The van der Waals surface area contributed by atoms with Crippen molar-refractivity contribution < 1.29 is 18.6 Å². The van der Waals surface area contributed by atoms with Gasteiger partial charge in [0.15, 0.2) is 0 Å². The minimum atomic E-state index is -1.53. The van der Waals surface area contributed by atoms with Crippen LogP contribution in [0.2, 0.25) is 0 Å². The molecular weight excluding hydrogens is 730 g/mol. The van der Waals surface area contributed by atoms with E-state index < -0.39 is 13.5 Å². The molecule has 6 saturated carbocycles. The van der Waals surface area contributed by atoms with Gasteiger partial charge in [-0.05, 0) is 154 Å². The van der Waals surface area contributed by atoms with Crippen LogP contribution in [0.15, 0.2) is 0 Å². The molecule has 0 aromatic heterocycles. The Morgan fingerprint density at radius 2 is 0.630 bits per heavy atom. The van der Waals surface area contributed by atoms with Crippen LogP contribution >= 0.6 is 35.2 Å². The van der Waals surface area contributed by atoms with Gasteiger partial charge in [0.1, 0.15) is 0 Å². The minimum absolute atomic E-state index is 0.0465. The van der Waals surface area contributed by atoms with Crippen LogP contribution in [-0.4, -0.2) is 50.3 Å². The van der Waals surface area contributed by atoms with Gasteiger partial charge in [0.2, 0.25) is 0 Å². The molecule has 0 amide bonds. The first-order chi connectivity index (χ1) is 22.7. The van der Waals surface area contributed by atoms with Crippen molar-refractivity contribution in [3.05, 3.63) is 0 Å². The van der Waals surface area contributed by atoms with Gasteiger partial charge in [0, 0.05) is 15.8 Å². The average Bonchev–Trinajstić information content (AvgIpc) is 3.12. The maximum absolute atomic E-state index is 8.29. The second-order valence-electron chi connectivity index (χ2n) is 16.2. The van der Waals surface area contributed by atoms with E-state index in [4.69, 9.17) is 24.5 Å². The Hall–Kier alpha value is 1.89. The van der Waals surface area contributed by atoms with Gasteiger partial charge in [-0.25, -0.2) is 0 Å². The number of rotatable bonds is 9. The molecule has 0 aromatic carbocycles. The molecule has 1 N–H and O–H groups in total. The van der Waals surface area contributed by atoms with Crippen LogP contribution < -0.4 is 0 Å². The van der Waals surface area contributed by atoms with E-state index in [9.17, 15) is 0 Å². The van der Waals surface area contributed by atoms with E-state index in [0.29, 0.717) is 0 Å². The summed E-state index contributed by atoms with van der Waals surface area (Å²) in [5.41, 5.74) is 7.36. The maximum atomic E-state index is 8.29. The number of hydrogen-bond acceptors (Lipinski definition) is 1. The zero-order valence-corrected chi connectivity index (χ0v) is 35.2. The van der Waals surface area contributed by atoms with Crippen molar-refractivity contribution in [3.8, 4) is 0 Å². The van der Waals surface area contributed by atoms with Crippen molar-refractivity contribution in [1.29, 1.82) is 0 Å². The molecular formula is C40H76Cl2OP2Ru+2. The number of hydrogen-bond donors (Lipinski definition) is 1. The van der Waals surface area contributed by atoms with E-state index in [2.05, 4.69) is 0 Å². The summed E-state index contributed by atoms with van der Waals surface area (Å²) in [6, 6.07) is 0. The van der Waals surface area contributed by atoms with Crippen molar-refractivity contribution in [2.75, 3.05) is 6.61 Å². The molecule has 1 nitrogen and oxygen atoms in total. The number of unbranched alkanes of at least 4 members (excludes halogenated alkanes) is 1. The van der Waals surface area contributed by atoms with Crippen molar-refractivity contribution >= 4 is 39.8 Å². The summed E-state index contributed by atoms with van der Waals surface area (Å²) in [7, 11) is 10.9. The Balaban J connectivity index is 0.000000170. The first kappa shape index (κ1) is 40.7. The molecule has 0 saturated heterocycles. The van der Waals surface area contributed by atoms with Gasteiger partial charge in [-0.15, -0.1) is 0 Å². The topological polar surface area (TPSA) is 20.2 Å². The molecule has 0 atom stereocenters. The third-order valence-corrected chi connectivity index (χ3v) is 24.5. The van der Waals surface area contributed by atoms with Crippen molar-refractivity contribution in [3.63, 3.8) is 0 Å². The molecule has 6 heteroatoms. The third kappa shape index (κ3) is 14.9. The van der Waals surface area contributed by atoms with Crippen LogP contribution in [0.1, 0.15) is 205 Å².